The number of nitrogens with two attached hydrogens (primary N) is 1. The molecule has 2 heterocycles. The second kappa shape index (κ2) is 7.61. The van der Waals surface area contributed by atoms with Gasteiger partial charge in [0.1, 0.15) is 0 Å². The van der Waals surface area contributed by atoms with Crippen LogP contribution in [-0.4, -0.2) is 35.8 Å². The minimum atomic E-state index is -0.428. The molecule has 0 fully saturated rings. The Morgan fingerprint density at radius 1 is 1.33 bits per heavy atom. The van der Waals surface area contributed by atoms with Crippen LogP contribution >= 0.6 is 23.4 Å². The average molecular weight is 406 g/mol. The lowest BCUT2D eigenvalue weighted by atomic mass is 10.2. The van der Waals surface area contributed by atoms with E-state index in [0.29, 0.717) is 16.0 Å². The third-order valence-corrected chi connectivity index (χ3v) is 5.45. The van der Waals surface area contributed by atoms with Crippen molar-refractivity contribution in [2.24, 2.45) is 7.05 Å². The average Bonchev–Trinajstić information content (AvgIpc) is 3.09. The van der Waals surface area contributed by atoms with Gasteiger partial charge in [-0.3, -0.25) is 9.48 Å². The van der Waals surface area contributed by atoms with E-state index in [-0.39, 0.29) is 5.91 Å². The zero-order valence-corrected chi connectivity index (χ0v) is 17.0. The van der Waals surface area contributed by atoms with Crippen LogP contribution in [0.3, 0.4) is 0 Å². The zero-order valence-electron chi connectivity index (χ0n) is 15.4. The van der Waals surface area contributed by atoms with E-state index in [1.54, 1.807) is 23.7 Å². The fourth-order valence-corrected chi connectivity index (χ4v) is 3.53. The van der Waals surface area contributed by atoms with Crippen LogP contribution in [0.1, 0.15) is 18.3 Å². The van der Waals surface area contributed by atoms with Crippen molar-refractivity contribution in [2.45, 2.75) is 31.2 Å². The van der Waals surface area contributed by atoms with Gasteiger partial charge in [0.05, 0.1) is 22.3 Å². The number of nitrogens with zero attached hydrogens (tertiary/aromatic N) is 5. The van der Waals surface area contributed by atoms with Crippen LogP contribution in [0.5, 0.6) is 0 Å². The Labute approximate surface area is 166 Å². The minimum absolute atomic E-state index is 0.161. The van der Waals surface area contributed by atoms with Gasteiger partial charge in [-0.1, -0.05) is 35.5 Å². The number of rotatable bonds is 5. The first kappa shape index (κ1) is 19.2. The number of halogens is 1. The maximum Gasteiger partial charge on any atom is 0.237 e. The molecule has 0 aliphatic rings. The smallest absolute Gasteiger partial charge is 0.237 e. The van der Waals surface area contributed by atoms with E-state index < -0.39 is 5.25 Å². The van der Waals surface area contributed by atoms with E-state index in [9.17, 15) is 4.79 Å². The molecule has 0 saturated carbocycles. The first-order valence-electron chi connectivity index (χ1n) is 8.22. The number of nitrogens with one attached hydrogen (secondary N) is 1. The third kappa shape index (κ3) is 3.93. The highest BCUT2D eigenvalue weighted by Gasteiger charge is 2.22. The first-order valence-corrected chi connectivity index (χ1v) is 9.47. The summed E-state index contributed by atoms with van der Waals surface area (Å²) < 4.78 is 3.09. The molecule has 3 aromatic rings. The fourth-order valence-electron chi connectivity index (χ4n) is 2.57. The molecule has 142 valence electrons. The van der Waals surface area contributed by atoms with Crippen molar-refractivity contribution in [1.82, 2.24) is 24.7 Å². The van der Waals surface area contributed by atoms with Gasteiger partial charge in [0.25, 0.3) is 0 Å². The molecule has 0 saturated heterocycles. The molecule has 8 nitrogen and oxygen atoms in total. The normalized spacial score (nSPS) is 12.2. The van der Waals surface area contributed by atoms with Gasteiger partial charge in [-0.15, -0.1) is 10.2 Å². The quantitative estimate of drug-likeness (QED) is 0.499. The molecule has 0 radical (unpaired) electrons. The Morgan fingerprint density at radius 2 is 2.07 bits per heavy atom. The first-order chi connectivity index (χ1) is 12.8. The molecule has 2 aromatic heterocycles. The molecule has 1 aromatic carbocycles. The third-order valence-electron chi connectivity index (χ3n) is 4.16. The van der Waals surface area contributed by atoms with E-state index in [1.807, 2.05) is 33.0 Å². The number of carbonyl (C=O) groups excluding carboxylic acids is 1. The summed E-state index contributed by atoms with van der Waals surface area (Å²) in [4.78, 5) is 12.6. The van der Waals surface area contributed by atoms with Crippen LogP contribution in [0.15, 0.2) is 29.4 Å². The Kier molecular flexibility index (Phi) is 5.43. The van der Waals surface area contributed by atoms with E-state index in [4.69, 9.17) is 17.4 Å². The van der Waals surface area contributed by atoms with Crippen LogP contribution < -0.4 is 11.2 Å². The standard InChI is InChI=1S/C17H20ClN7OS/c1-9-14(10(2)24(4)23-9)20-16(26)11(3)27-17-22-21-15(25(17)19)12-6-5-7-13(18)8-12/h5-8,11H,19H2,1-4H3,(H,20,26)/t11-/m1/s1. The van der Waals surface area contributed by atoms with Crippen molar-refractivity contribution in [3.05, 3.63) is 40.7 Å². The summed E-state index contributed by atoms with van der Waals surface area (Å²) >= 11 is 7.25. The van der Waals surface area contributed by atoms with Gasteiger partial charge in [-0.05, 0) is 32.9 Å². The van der Waals surface area contributed by atoms with Crippen molar-refractivity contribution in [1.29, 1.82) is 0 Å². The van der Waals surface area contributed by atoms with Gasteiger partial charge in [-0.2, -0.15) is 5.10 Å². The lowest BCUT2D eigenvalue weighted by Crippen LogP contribution is -2.24. The number of nitrogen functional groups attached to an aromatic ring is 1. The largest absolute Gasteiger partial charge is 0.335 e. The second-order valence-corrected chi connectivity index (χ2v) is 7.85. The lowest BCUT2D eigenvalue weighted by Gasteiger charge is -2.12. The fraction of sp³-hybridized carbons (Fsp3) is 0.294. The second-order valence-electron chi connectivity index (χ2n) is 6.11. The minimum Gasteiger partial charge on any atom is -0.335 e. The number of benzene rings is 1. The molecular weight excluding hydrogens is 386 g/mol. The van der Waals surface area contributed by atoms with E-state index in [0.717, 1.165) is 22.6 Å². The number of carbonyl (C=O) groups is 1. The highest BCUT2D eigenvalue weighted by Crippen LogP contribution is 2.27. The number of thioether (sulfide) groups is 1. The topological polar surface area (TPSA) is 104 Å². The highest BCUT2D eigenvalue weighted by molar-refractivity contribution is 8.00. The SMILES string of the molecule is Cc1nn(C)c(C)c1NC(=O)[C@@H](C)Sc1nnc(-c2cccc(Cl)c2)n1N. The van der Waals surface area contributed by atoms with Gasteiger partial charge in [0, 0.05) is 17.6 Å². The van der Waals surface area contributed by atoms with Crippen molar-refractivity contribution >= 4 is 35.0 Å². The maximum absolute atomic E-state index is 12.6. The lowest BCUT2D eigenvalue weighted by molar-refractivity contribution is -0.115. The van der Waals surface area contributed by atoms with Crippen LogP contribution in [-0.2, 0) is 11.8 Å². The molecular formula is C17H20ClN7OS. The molecule has 0 aliphatic heterocycles. The van der Waals surface area contributed by atoms with Crippen molar-refractivity contribution in [3.63, 3.8) is 0 Å². The molecule has 3 N–H and O–H groups in total. The summed E-state index contributed by atoms with van der Waals surface area (Å²) in [5, 5.41) is 16.0. The van der Waals surface area contributed by atoms with Crippen molar-refractivity contribution in [3.8, 4) is 11.4 Å². The Balaban J connectivity index is 1.74. The molecule has 1 amide bonds. The van der Waals surface area contributed by atoms with Crippen LogP contribution in [0.2, 0.25) is 5.02 Å². The summed E-state index contributed by atoms with van der Waals surface area (Å²) in [5.41, 5.74) is 3.14. The number of hydrogen-bond acceptors (Lipinski definition) is 6. The zero-order chi connectivity index (χ0) is 19.7. The van der Waals surface area contributed by atoms with Crippen LogP contribution in [0.25, 0.3) is 11.4 Å². The van der Waals surface area contributed by atoms with E-state index in [1.165, 1.54) is 16.4 Å². The molecule has 10 heteroatoms. The number of amides is 1. The van der Waals surface area contributed by atoms with Gasteiger partial charge < -0.3 is 11.2 Å². The van der Waals surface area contributed by atoms with E-state index >= 15 is 0 Å². The molecule has 0 aliphatic carbocycles. The Morgan fingerprint density at radius 3 is 2.70 bits per heavy atom. The van der Waals surface area contributed by atoms with Crippen molar-refractivity contribution in [2.75, 3.05) is 11.2 Å². The predicted octanol–water partition coefficient (Wildman–Crippen LogP) is 2.78. The Hall–Kier alpha value is -2.52. The molecule has 0 bridgehead atoms. The molecule has 3 rings (SSSR count). The van der Waals surface area contributed by atoms with Gasteiger partial charge >= 0.3 is 0 Å². The monoisotopic (exact) mass is 405 g/mol. The highest BCUT2D eigenvalue weighted by atomic mass is 35.5. The summed E-state index contributed by atoms with van der Waals surface area (Å²) in [5.74, 6) is 6.44. The van der Waals surface area contributed by atoms with Crippen molar-refractivity contribution < 1.29 is 4.79 Å². The van der Waals surface area contributed by atoms with Crippen LogP contribution in [0, 0.1) is 13.8 Å². The summed E-state index contributed by atoms with van der Waals surface area (Å²) in [6.45, 7) is 5.55. The molecule has 27 heavy (non-hydrogen) atoms. The molecule has 0 spiro atoms. The maximum atomic E-state index is 12.6. The molecule has 0 unspecified atom stereocenters. The Bertz CT molecular complexity index is 997. The summed E-state index contributed by atoms with van der Waals surface area (Å²) in [7, 11) is 1.84. The number of hydrogen-bond donors (Lipinski definition) is 2. The van der Waals surface area contributed by atoms with Gasteiger partial charge in [0.15, 0.2) is 5.82 Å². The number of anilines is 1. The summed E-state index contributed by atoms with van der Waals surface area (Å²) in [6.07, 6.45) is 0. The van der Waals surface area contributed by atoms with Crippen LogP contribution in [0.4, 0.5) is 5.69 Å². The molecule has 1 atom stereocenters. The summed E-state index contributed by atoms with van der Waals surface area (Å²) in [6, 6.07) is 7.19. The van der Waals surface area contributed by atoms with Gasteiger partial charge in [-0.25, -0.2) is 4.68 Å². The predicted molar refractivity (Wildman–Crippen MR) is 107 cm³/mol. The van der Waals surface area contributed by atoms with E-state index in [2.05, 4.69) is 20.6 Å². The van der Waals surface area contributed by atoms with Gasteiger partial charge in [0.2, 0.25) is 11.1 Å². The number of aromatic nitrogens is 5. The number of aryl methyl sites for hydroxylation is 2.